The normalized spacial score (nSPS) is 11.9. The summed E-state index contributed by atoms with van der Waals surface area (Å²) in [6.07, 6.45) is 1.56. The predicted molar refractivity (Wildman–Crippen MR) is 116 cm³/mol. The summed E-state index contributed by atoms with van der Waals surface area (Å²) in [4.78, 5) is 16.2. The minimum atomic E-state index is -0.243. The monoisotopic (exact) mass is 389 g/mol. The van der Waals surface area contributed by atoms with Crippen molar-refractivity contribution < 1.29 is 9.53 Å². The number of aromatic nitrogens is 1. The number of hydrogen-bond acceptors (Lipinski definition) is 4. The molecule has 0 saturated carbocycles. The van der Waals surface area contributed by atoms with Gasteiger partial charge in [-0.25, -0.2) is 4.98 Å². The van der Waals surface area contributed by atoms with Crippen molar-refractivity contribution in [1.82, 2.24) is 10.3 Å². The highest BCUT2D eigenvalue weighted by Gasteiger charge is 2.15. The molecule has 29 heavy (non-hydrogen) atoms. The van der Waals surface area contributed by atoms with E-state index in [1.165, 1.54) is 5.56 Å². The highest BCUT2D eigenvalue weighted by atomic mass is 16.5. The van der Waals surface area contributed by atoms with Crippen LogP contribution in [0.1, 0.15) is 48.2 Å². The minimum absolute atomic E-state index is 0.225. The van der Waals surface area contributed by atoms with Gasteiger partial charge < -0.3 is 15.8 Å². The van der Waals surface area contributed by atoms with E-state index < -0.39 is 0 Å². The number of benzene rings is 2. The quantitative estimate of drug-likeness (QED) is 0.586. The lowest BCUT2D eigenvalue weighted by atomic mass is 9.90. The van der Waals surface area contributed by atoms with Gasteiger partial charge >= 0.3 is 0 Å². The number of ether oxygens (including phenoxy) is 1. The van der Waals surface area contributed by atoms with Gasteiger partial charge in [0.05, 0.1) is 5.56 Å². The molecule has 1 aromatic heterocycles. The number of nitrogens with two attached hydrogens (primary N) is 1. The minimum Gasteiger partial charge on any atom is -0.457 e. The van der Waals surface area contributed by atoms with Crippen LogP contribution in [0.3, 0.4) is 0 Å². The second kappa shape index (κ2) is 9.24. The van der Waals surface area contributed by atoms with Gasteiger partial charge in [0.1, 0.15) is 17.3 Å². The van der Waals surface area contributed by atoms with Crippen molar-refractivity contribution in [2.24, 2.45) is 5.92 Å². The number of carbonyl (C=O) groups is 1. The van der Waals surface area contributed by atoms with Gasteiger partial charge in [0.2, 0.25) is 0 Å². The van der Waals surface area contributed by atoms with Crippen molar-refractivity contribution in [3.8, 4) is 11.5 Å². The van der Waals surface area contributed by atoms with E-state index in [0.717, 1.165) is 17.1 Å². The van der Waals surface area contributed by atoms with Crippen LogP contribution in [0.2, 0.25) is 0 Å². The molecule has 5 nitrogen and oxygen atoms in total. The summed E-state index contributed by atoms with van der Waals surface area (Å²) in [7, 11) is 0. The van der Waals surface area contributed by atoms with Gasteiger partial charge in [-0.15, -0.1) is 0 Å². The molecule has 2 aromatic carbocycles. The molecule has 0 aliphatic carbocycles. The van der Waals surface area contributed by atoms with Crippen LogP contribution in [0.5, 0.6) is 11.5 Å². The van der Waals surface area contributed by atoms with E-state index in [4.69, 9.17) is 10.5 Å². The maximum atomic E-state index is 12.2. The van der Waals surface area contributed by atoms with E-state index in [2.05, 4.69) is 37.1 Å². The molecular weight excluding hydrogens is 362 g/mol. The fourth-order valence-electron chi connectivity index (χ4n) is 3.00. The Balaban J connectivity index is 1.64. The van der Waals surface area contributed by atoms with Gasteiger partial charge in [-0.3, -0.25) is 4.79 Å². The summed E-state index contributed by atoms with van der Waals surface area (Å²) in [5, 5.41) is 2.86. The Bertz CT molecular complexity index is 968. The lowest BCUT2D eigenvalue weighted by molar-refractivity contribution is 0.0951. The SMILES string of the molecule is CC(C)C(C)c1ccccc1Oc1ccc(CNC(=O)c2cccnc2N)cc1. The summed E-state index contributed by atoms with van der Waals surface area (Å²) in [5.41, 5.74) is 8.30. The van der Waals surface area contributed by atoms with Crippen LogP contribution in [0.25, 0.3) is 0 Å². The van der Waals surface area contributed by atoms with Crippen molar-refractivity contribution in [3.63, 3.8) is 0 Å². The van der Waals surface area contributed by atoms with Crippen LogP contribution in [0, 0.1) is 5.92 Å². The summed E-state index contributed by atoms with van der Waals surface area (Å²) in [6.45, 7) is 7.04. The van der Waals surface area contributed by atoms with Crippen LogP contribution < -0.4 is 15.8 Å². The number of nitrogens with zero attached hydrogens (tertiary/aromatic N) is 1. The number of nitrogen functional groups attached to an aromatic ring is 1. The lowest BCUT2D eigenvalue weighted by Gasteiger charge is -2.19. The Labute approximate surface area is 171 Å². The van der Waals surface area contributed by atoms with Crippen LogP contribution in [-0.4, -0.2) is 10.9 Å². The molecule has 1 unspecified atom stereocenters. The van der Waals surface area contributed by atoms with Crippen LogP contribution in [-0.2, 0) is 6.54 Å². The molecular formula is C24H27N3O2. The predicted octanol–water partition coefficient (Wildman–Crippen LogP) is 5.15. The lowest BCUT2D eigenvalue weighted by Crippen LogP contribution is -2.24. The molecule has 0 radical (unpaired) electrons. The van der Waals surface area contributed by atoms with E-state index in [1.807, 2.05) is 42.5 Å². The van der Waals surface area contributed by atoms with Gasteiger partial charge in [0.25, 0.3) is 5.91 Å². The van der Waals surface area contributed by atoms with Gasteiger partial charge in [-0.2, -0.15) is 0 Å². The second-order valence-electron chi connectivity index (χ2n) is 7.44. The molecule has 0 fully saturated rings. The first kappa shape index (κ1) is 20.4. The number of rotatable bonds is 7. The molecule has 0 aliphatic heterocycles. The van der Waals surface area contributed by atoms with Crippen molar-refractivity contribution in [2.45, 2.75) is 33.2 Å². The largest absolute Gasteiger partial charge is 0.457 e. The maximum absolute atomic E-state index is 12.2. The van der Waals surface area contributed by atoms with Gasteiger partial charge in [0, 0.05) is 12.7 Å². The second-order valence-corrected chi connectivity index (χ2v) is 7.44. The highest BCUT2D eigenvalue weighted by Crippen LogP contribution is 2.34. The number of nitrogens with one attached hydrogen (secondary N) is 1. The van der Waals surface area contributed by atoms with E-state index in [1.54, 1.807) is 18.3 Å². The molecule has 3 rings (SSSR count). The smallest absolute Gasteiger partial charge is 0.255 e. The van der Waals surface area contributed by atoms with Crippen LogP contribution in [0.4, 0.5) is 5.82 Å². The standard InChI is InChI=1S/C24H27N3O2/c1-16(2)17(3)20-7-4-5-9-22(20)29-19-12-10-18(11-13-19)15-27-24(28)21-8-6-14-26-23(21)25/h4-14,16-17H,15H2,1-3H3,(H2,25,26)(H,27,28). The molecule has 1 amide bonds. The fourth-order valence-corrected chi connectivity index (χ4v) is 3.00. The molecule has 5 heteroatoms. The topological polar surface area (TPSA) is 77.2 Å². The molecule has 0 saturated heterocycles. The van der Waals surface area contributed by atoms with E-state index in [9.17, 15) is 4.79 Å². The van der Waals surface area contributed by atoms with Gasteiger partial charge in [-0.05, 0) is 53.3 Å². The van der Waals surface area contributed by atoms with Gasteiger partial charge in [0.15, 0.2) is 0 Å². The number of para-hydroxylation sites is 1. The molecule has 150 valence electrons. The number of hydrogen-bond donors (Lipinski definition) is 2. The number of pyridine rings is 1. The number of carbonyl (C=O) groups excluding carboxylic acids is 1. The number of amides is 1. The van der Waals surface area contributed by atoms with Crippen molar-refractivity contribution >= 4 is 11.7 Å². The Morgan fingerprint density at radius 2 is 1.76 bits per heavy atom. The third-order valence-electron chi connectivity index (χ3n) is 5.10. The highest BCUT2D eigenvalue weighted by molar-refractivity contribution is 5.98. The average molecular weight is 389 g/mol. The van der Waals surface area contributed by atoms with E-state index >= 15 is 0 Å². The zero-order chi connectivity index (χ0) is 20.8. The van der Waals surface area contributed by atoms with Crippen LogP contribution >= 0.6 is 0 Å². The van der Waals surface area contributed by atoms with E-state index in [0.29, 0.717) is 23.9 Å². The van der Waals surface area contributed by atoms with Crippen molar-refractivity contribution in [2.75, 3.05) is 5.73 Å². The molecule has 3 N–H and O–H groups in total. The number of anilines is 1. The molecule has 0 bridgehead atoms. The fraction of sp³-hybridized carbons (Fsp3) is 0.250. The molecule has 1 atom stereocenters. The zero-order valence-corrected chi connectivity index (χ0v) is 17.1. The first-order chi connectivity index (χ1) is 14.0. The third kappa shape index (κ3) is 5.13. The maximum Gasteiger partial charge on any atom is 0.255 e. The molecule has 0 aliphatic rings. The van der Waals surface area contributed by atoms with Crippen molar-refractivity contribution in [3.05, 3.63) is 83.6 Å². The molecule has 3 aromatic rings. The zero-order valence-electron chi connectivity index (χ0n) is 17.1. The summed E-state index contributed by atoms with van der Waals surface area (Å²) >= 11 is 0. The molecule has 0 spiro atoms. The molecule has 1 heterocycles. The first-order valence-corrected chi connectivity index (χ1v) is 9.80. The Hall–Kier alpha value is -3.34. The summed E-state index contributed by atoms with van der Waals surface area (Å²) in [6, 6.07) is 19.2. The Morgan fingerprint density at radius 1 is 1.03 bits per heavy atom. The van der Waals surface area contributed by atoms with Gasteiger partial charge in [-0.1, -0.05) is 51.1 Å². The summed E-state index contributed by atoms with van der Waals surface area (Å²) in [5.74, 6) is 2.55. The van der Waals surface area contributed by atoms with Crippen LogP contribution in [0.15, 0.2) is 66.9 Å². The average Bonchev–Trinajstić information content (AvgIpc) is 2.73. The van der Waals surface area contributed by atoms with E-state index in [-0.39, 0.29) is 11.7 Å². The summed E-state index contributed by atoms with van der Waals surface area (Å²) < 4.78 is 6.13. The Kier molecular flexibility index (Phi) is 6.50. The third-order valence-corrected chi connectivity index (χ3v) is 5.10. The van der Waals surface area contributed by atoms with Crippen molar-refractivity contribution in [1.29, 1.82) is 0 Å². The Morgan fingerprint density at radius 3 is 2.45 bits per heavy atom. The first-order valence-electron chi connectivity index (χ1n) is 9.80.